The lowest BCUT2D eigenvalue weighted by Crippen LogP contribution is -1.99. The average Bonchev–Trinajstić information content (AvgIpc) is 2.84. The molecule has 0 aliphatic rings. The summed E-state index contributed by atoms with van der Waals surface area (Å²) in [5.74, 6) is 1.19. The molecule has 3 rings (SSSR count). The van der Waals surface area contributed by atoms with E-state index in [2.05, 4.69) is 20.1 Å². The van der Waals surface area contributed by atoms with Crippen LogP contribution in [0.4, 0.5) is 5.82 Å². The smallest absolute Gasteiger partial charge is 0.157 e. The molecule has 0 spiro atoms. The quantitative estimate of drug-likeness (QED) is 0.606. The highest BCUT2D eigenvalue weighted by Gasteiger charge is 2.10. The van der Waals surface area contributed by atoms with Crippen LogP contribution in [0.5, 0.6) is 0 Å². The fourth-order valence-electron chi connectivity index (χ4n) is 1.54. The Kier molecular flexibility index (Phi) is 1.49. The highest BCUT2D eigenvalue weighted by Crippen LogP contribution is 2.21. The molecule has 0 saturated carbocycles. The van der Waals surface area contributed by atoms with E-state index in [9.17, 15) is 0 Å². The Labute approximate surface area is 84.8 Å². The summed E-state index contributed by atoms with van der Waals surface area (Å²) in [5, 5.41) is 5.10. The number of hydrogen-bond acceptors (Lipinski definition) is 4. The minimum Gasteiger partial charge on any atom is -0.382 e. The van der Waals surface area contributed by atoms with Crippen LogP contribution in [0.1, 0.15) is 0 Å². The minimum atomic E-state index is 0.491. The summed E-state index contributed by atoms with van der Waals surface area (Å²) in [6.07, 6.45) is 6.79. The first-order valence-corrected chi connectivity index (χ1v) is 4.43. The lowest BCUT2D eigenvalue weighted by molar-refractivity contribution is 0.869. The fraction of sp³-hybridized carbons (Fsp3) is 0. The van der Waals surface area contributed by atoms with Gasteiger partial charge in [0.2, 0.25) is 0 Å². The number of anilines is 1. The Morgan fingerprint density at radius 1 is 1.33 bits per heavy atom. The number of nitrogen functional groups attached to an aromatic ring is 1. The lowest BCUT2D eigenvalue weighted by Gasteiger charge is -1.98. The van der Waals surface area contributed by atoms with Crippen molar-refractivity contribution in [1.29, 1.82) is 0 Å². The molecular formula is C9H8N6. The number of nitrogens with one attached hydrogen (secondary N) is 1. The zero-order valence-corrected chi connectivity index (χ0v) is 7.75. The maximum atomic E-state index is 5.76. The van der Waals surface area contributed by atoms with Crippen molar-refractivity contribution in [2.75, 3.05) is 5.73 Å². The topological polar surface area (TPSA) is 85.4 Å². The molecule has 0 bridgehead atoms. The Morgan fingerprint density at radius 2 is 2.27 bits per heavy atom. The first-order chi connectivity index (χ1) is 7.36. The lowest BCUT2D eigenvalue weighted by atomic mass is 10.4. The molecule has 6 nitrogen and oxygen atoms in total. The molecule has 0 fully saturated rings. The van der Waals surface area contributed by atoms with Gasteiger partial charge in [-0.1, -0.05) is 0 Å². The summed E-state index contributed by atoms with van der Waals surface area (Å²) in [5.41, 5.74) is 6.67. The van der Waals surface area contributed by atoms with Gasteiger partial charge in [0, 0.05) is 24.7 Å². The number of H-pyrrole nitrogens is 1. The van der Waals surface area contributed by atoms with E-state index in [1.54, 1.807) is 16.9 Å². The van der Waals surface area contributed by atoms with Crippen LogP contribution in [0.2, 0.25) is 0 Å². The number of aromatic amines is 1. The van der Waals surface area contributed by atoms with Crippen molar-refractivity contribution < 1.29 is 0 Å². The van der Waals surface area contributed by atoms with E-state index in [-0.39, 0.29) is 0 Å². The van der Waals surface area contributed by atoms with Gasteiger partial charge < -0.3 is 10.7 Å². The summed E-state index contributed by atoms with van der Waals surface area (Å²) in [6, 6.07) is 1.78. The molecule has 6 heteroatoms. The van der Waals surface area contributed by atoms with Gasteiger partial charge in [0.15, 0.2) is 11.6 Å². The van der Waals surface area contributed by atoms with Crippen LogP contribution < -0.4 is 5.73 Å². The maximum absolute atomic E-state index is 5.76. The second kappa shape index (κ2) is 2.81. The summed E-state index contributed by atoms with van der Waals surface area (Å²) in [4.78, 5) is 11.0. The summed E-state index contributed by atoms with van der Waals surface area (Å²) >= 11 is 0. The third-order valence-electron chi connectivity index (χ3n) is 2.22. The number of fused-ring (bicyclic) bond motifs is 1. The van der Waals surface area contributed by atoms with Gasteiger partial charge in [0.1, 0.15) is 6.33 Å². The highest BCUT2D eigenvalue weighted by molar-refractivity contribution is 5.89. The van der Waals surface area contributed by atoms with Crippen molar-refractivity contribution in [3.63, 3.8) is 0 Å². The first kappa shape index (κ1) is 7.98. The Bertz CT molecular complexity index is 593. The Hall–Kier alpha value is -2.37. The van der Waals surface area contributed by atoms with Crippen LogP contribution in [-0.4, -0.2) is 24.7 Å². The molecule has 0 saturated heterocycles. The number of nitrogens with two attached hydrogens (primary N) is 1. The van der Waals surface area contributed by atoms with Gasteiger partial charge >= 0.3 is 0 Å². The molecule has 74 valence electrons. The van der Waals surface area contributed by atoms with Crippen molar-refractivity contribution in [3.8, 4) is 5.82 Å². The molecule has 3 aromatic heterocycles. The van der Waals surface area contributed by atoms with Crippen LogP contribution in [0.25, 0.3) is 16.7 Å². The third kappa shape index (κ3) is 1.08. The second-order valence-corrected chi connectivity index (χ2v) is 3.12. The van der Waals surface area contributed by atoms with E-state index >= 15 is 0 Å². The van der Waals surface area contributed by atoms with E-state index in [1.807, 2.05) is 12.4 Å². The molecule has 0 aliphatic heterocycles. The number of rotatable bonds is 1. The Balaban J connectivity index is 2.32. The Morgan fingerprint density at radius 3 is 3.07 bits per heavy atom. The van der Waals surface area contributed by atoms with Crippen molar-refractivity contribution in [1.82, 2.24) is 24.7 Å². The molecule has 3 aromatic rings. The van der Waals surface area contributed by atoms with E-state index < -0.39 is 0 Å². The van der Waals surface area contributed by atoms with Crippen LogP contribution in [0.3, 0.4) is 0 Å². The van der Waals surface area contributed by atoms with Crippen molar-refractivity contribution in [3.05, 3.63) is 31.0 Å². The highest BCUT2D eigenvalue weighted by atomic mass is 15.3. The van der Waals surface area contributed by atoms with Gasteiger partial charge in [-0.3, -0.25) is 0 Å². The second-order valence-electron chi connectivity index (χ2n) is 3.12. The number of aromatic nitrogens is 5. The van der Waals surface area contributed by atoms with Crippen molar-refractivity contribution >= 4 is 16.7 Å². The summed E-state index contributed by atoms with van der Waals surface area (Å²) < 4.78 is 1.68. The van der Waals surface area contributed by atoms with E-state index in [0.29, 0.717) is 11.6 Å². The van der Waals surface area contributed by atoms with E-state index in [0.717, 1.165) is 10.9 Å². The van der Waals surface area contributed by atoms with E-state index in [4.69, 9.17) is 5.73 Å². The molecule has 0 unspecified atom stereocenters. The predicted molar refractivity (Wildman–Crippen MR) is 55.4 cm³/mol. The van der Waals surface area contributed by atoms with Crippen LogP contribution >= 0.6 is 0 Å². The SMILES string of the molecule is Nc1nn(-c2ccncn2)c2c[nH]cc12. The van der Waals surface area contributed by atoms with Crippen LogP contribution in [0.15, 0.2) is 31.0 Å². The van der Waals surface area contributed by atoms with Gasteiger partial charge in [-0.05, 0) is 0 Å². The van der Waals surface area contributed by atoms with Gasteiger partial charge in [-0.25, -0.2) is 14.6 Å². The maximum Gasteiger partial charge on any atom is 0.157 e. The van der Waals surface area contributed by atoms with Gasteiger partial charge in [0.05, 0.1) is 10.9 Å². The van der Waals surface area contributed by atoms with E-state index in [1.165, 1.54) is 6.33 Å². The predicted octanol–water partition coefficient (Wildman–Crippen LogP) is 0.726. The van der Waals surface area contributed by atoms with Crippen LogP contribution in [-0.2, 0) is 0 Å². The molecule has 0 radical (unpaired) electrons. The number of hydrogen-bond donors (Lipinski definition) is 2. The molecule has 3 heterocycles. The average molecular weight is 200 g/mol. The van der Waals surface area contributed by atoms with Gasteiger partial charge in [-0.2, -0.15) is 0 Å². The molecule has 3 N–H and O–H groups in total. The summed E-state index contributed by atoms with van der Waals surface area (Å²) in [6.45, 7) is 0. The fourth-order valence-corrected chi connectivity index (χ4v) is 1.54. The van der Waals surface area contributed by atoms with Crippen molar-refractivity contribution in [2.45, 2.75) is 0 Å². The summed E-state index contributed by atoms with van der Waals surface area (Å²) in [7, 11) is 0. The zero-order valence-electron chi connectivity index (χ0n) is 7.75. The molecule has 0 amide bonds. The molecule has 15 heavy (non-hydrogen) atoms. The normalized spacial score (nSPS) is 10.9. The minimum absolute atomic E-state index is 0.491. The van der Waals surface area contributed by atoms with Crippen LogP contribution in [0, 0.1) is 0 Å². The largest absolute Gasteiger partial charge is 0.382 e. The first-order valence-electron chi connectivity index (χ1n) is 4.43. The molecule has 0 aromatic carbocycles. The van der Waals surface area contributed by atoms with Gasteiger partial charge in [-0.15, -0.1) is 5.10 Å². The molecule has 0 aliphatic carbocycles. The monoisotopic (exact) mass is 200 g/mol. The standard InChI is InChI=1S/C9H8N6/c10-9-6-3-12-4-7(6)15(14-9)8-1-2-11-5-13-8/h1-5,12H,(H2,10,14). The van der Waals surface area contributed by atoms with Crippen molar-refractivity contribution in [2.24, 2.45) is 0 Å². The third-order valence-corrected chi connectivity index (χ3v) is 2.22. The molecule has 0 atom stereocenters. The number of nitrogens with zero attached hydrogens (tertiary/aromatic N) is 4. The zero-order chi connectivity index (χ0) is 10.3. The molecular weight excluding hydrogens is 192 g/mol. The van der Waals surface area contributed by atoms with Gasteiger partial charge in [0.25, 0.3) is 0 Å².